The molecule has 1 N–H and O–H groups in total. The van der Waals surface area contributed by atoms with Crippen molar-refractivity contribution in [2.24, 2.45) is 0 Å². The summed E-state index contributed by atoms with van der Waals surface area (Å²) in [5, 5.41) is 8.57. The molecule has 104 valence electrons. The number of carboxylic acid groups (broad SMARTS) is 1. The molecule has 1 rings (SSSR count). The number of ether oxygens (including phenoxy) is 2. The van der Waals surface area contributed by atoms with Gasteiger partial charge in [0.2, 0.25) is 0 Å². The van der Waals surface area contributed by atoms with Gasteiger partial charge in [-0.05, 0) is 44.9 Å². The van der Waals surface area contributed by atoms with E-state index in [9.17, 15) is 9.59 Å². The number of hydrogen-bond acceptors (Lipinski definition) is 4. The van der Waals surface area contributed by atoms with E-state index in [1.54, 1.807) is 45.0 Å². The molecule has 0 saturated carbocycles. The molecule has 0 unspecified atom stereocenters. The van der Waals surface area contributed by atoms with Crippen LogP contribution in [0.3, 0.4) is 0 Å². The van der Waals surface area contributed by atoms with E-state index < -0.39 is 17.7 Å². The summed E-state index contributed by atoms with van der Waals surface area (Å²) in [6.45, 7) is 5.26. The highest BCUT2D eigenvalue weighted by Gasteiger charge is 2.17. The average Bonchev–Trinajstić information content (AvgIpc) is 2.25. The summed E-state index contributed by atoms with van der Waals surface area (Å²) in [5.41, 5.74) is 0.275. The molecule has 0 heterocycles. The molecule has 5 nitrogen and oxygen atoms in total. The van der Waals surface area contributed by atoms with E-state index in [2.05, 4.69) is 0 Å². The van der Waals surface area contributed by atoms with Crippen LogP contribution < -0.4 is 4.74 Å². The molecule has 0 atom stereocenters. The fourth-order valence-corrected chi connectivity index (χ4v) is 1.34. The van der Waals surface area contributed by atoms with Gasteiger partial charge in [-0.25, -0.2) is 4.79 Å². The maximum Gasteiger partial charge on any atom is 0.514 e. The largest absolute Gasteiger partial charge is 0.514 e. The first-order valence-electron chi connectivity index (χ1n) is 5.98. The molecule has 0 amide bonds. The number of rotatable bonds is 4. The number of carboxylic acids is 1. The zero-order chi connectivity index (χ0) is 14.5. The minimum Gasteiger partial charge on any atom is -0.481 e. The van der Waals surface area contributed by atoms with E-state index >= 15 is 0 Å². The predicted octanol–water partition coefficient (Wildman–Crippen LogP) is 3.02. The second kappa shape index (κ2) is 6.22. The predicted molar refractivity (Wildman–Crippen MR) is 69.3 cm³/mol. The number of hydrogen-bond donors (Lipinski definition) is 1. The van der Waals surface area contributed by atoms with Gasteiger partial charge in [0, 0.05) is 6.42 Å². The number of benzene rings is 1. The van der Waals surface area contributed by atoms with Crippen molar-refractivity contribution in [3.8, 4) is 5.75 Å². The molecule has 0 saturated heterocycles. The minimum absolute atomic E-state index is 0.0757. The topological polar surface area (TPSA) is 72.8 Å². The molecule has 5 heteroatoms. The Hall–Kier alpha value is -2.04. The van der Waals surface area contributed by atoms with Gasteiger partial charge in [0.15, 0.2) is 0 Å². The quantitative estimate of drug-likeness (QED) is 0.670. The molecule has 1 aromatic carbocycles. The molecule has 19 heavy (non-hydrogen) atoms. The van der Waals surface area contributed by atoms with Gasteiger partial charge in [-0.3, -0.25) is 4.79 Å². The lowest BCUT2D eigenvalue weighted by Gasteiger charge is -2.18. The summed E-state index contributed by atoms with van der Waals surface area (Å²) in [6, 6.07) is 6.67. The van der Waals surface area contributed by atoms with Crippen molar-refractivity contribution in [3.63, 3.8) is 0 Å². The summed E-state index contributed by atoms with van der Waals surface area (Å²) in [7, 11) is 0. The monoisotopic (exact) mass is 266 g/mol. The Morgan fingerprint density at radius 2 is 1.74 bits per heavy atom. The van der Waals surface area contributed by atoms with Crippen LogP contribution in [-0.4, -0.2) is 22.8 Å². The van der Waals surface area contributed by atoms with E-state index in [0.29, 0.717) is 12.2 Å². The van der Waals surface area contributed by atoms with Crippen molar-refractivity contribution < 1.29 is 24.2 Å². The lowest BCUT2D eigenvalue weighted by atomic mass is 10.1. The van der Waals surface area contributed by atoms with Crippen LogP contribution in [0.5, 0.6) is 5.75 Å². The van der Waals surface area contributed by atoms with Crippen molar-refractivity contribution in [1.29, 1.82) is 0 Å². The zero-order valence-corrected chi connectivity index (χ0v) is 11.3. The molecule has 0 aromatic heterocycles. The molecule has 0 aliphatic heterocycles. The Morgan fingerprint density at radius 1 is 1.16 bits per heavy atom. The standard InChI is InChI=1S/C14H18O5/c1-14(2,3)19-13(17)18-11-7-4-10(5-8-11)6-9-12(15)16/h4-5,7-8H,6,9H2,1-3H3,(H,15,16). The summed E-state index contributed by atoms with van der Waals surface area (Å²) in [5.74, 6) is -0.470. The number of aryl methyl sites for hydroxylation is 1. The molecule has 0 spiro atoms. The van der Waals surface area contributed by atoms with Gasteiger partial charge in [0.1, 0.15) is 11.4 Å². The number of carbonyl (C=O) groups excluding carboxylic acids is 1. The van der Waals surface area contributed by atoms with Crippen LogP contribution in [0.4, 0.5) is 4.79 Å². The van der Waals surface area contributed by atoms with Crippen LogP contribution >= 0.6 is 0 Å². The third kappa shape index (κ3) is 6.45. The Labute approximate surface area is 112 Å². The maximum absolute atomic E-state index is 11.4. The van der Waals surface area contributed by atoms with Crippen LogP contribution in [-0.2, 0) is 16.0 Å². The van der Waals surface area contributed by atoms with Gasteiger partial charge in [-0.1, -0.05) is 12.1 Å². The van der Waals surface area contributed by atoms with Gasteiger partial charge in [0.05, 0.1) is 0 Å². The van der Waals surface area contributed by atoms with E-state index in [1.165, 1.54) is 0 Å². The first kappa shape index (κ1) is 15.0. The molecule has 0 aliphatic carbocycles. The van der Waals surface area contributed by atoms with Crippen LogP contribution in [0.15, 0.2) is 24.3 Å². The van der Waals surface area contributed by atoms with Crippen LogP contribution in [0.2, 0.25) is 0 Å². The van der Waals surface area contributed by atoms with E-state index in [-0.39, 0.29) is 6.42 Å². The SMILES string of the molecule is CC(C)(C)OC(=O)Oc1ccc(CCC(=O)O)cc1. The third-order valence-corrected chi connectivity index (χ3v) is 2.14. The second-order valence-corrected chi connectivity index (χ2v) is 5.10. The van der Waals surface area contributed by atoms with Crippen molar-refractivity contribution in [2.75, 3.05) is 0 Å². The average molecular weight is 266 g/mol. The number of aliphatic carboxylic acids is 1. The van der Waals surface area contributed by atoms with Crippen LogP contribution in [0.25, 0.3) is 0 Å². The van der Waals surface area contributed by atoms with Crippen molar-refractivity contribution in [2.45, 2.75) is 39.2 Å². The van der Waals surface area contributed by atoms with Gasteiger partial charge < -0.3 is 14.6 Å². The normalized spacial score (nSPS) is 10.9. The Balaban J connectivity index is 2.52. The van der Waals surface area contributed by atoms with E-state index in [0.717, 1.165) is 5.56 Å². The van der Waals surface area contributed by atoms with Crippen molar-refractivity contribution in [3.05, 3.63) is 29.8 Å². The summed E-state index contributed by atoms with van der Waals surface area (Å²) >= 11 is 0. The van der Waals surface area contributed by atoms with Gasteiger partial charge in [-0.2, -0.15) is 0 Å². The van der Waals surface area contributed by atoms with E-state index in [1.807, 2.05) is 0 Å². The molecular formula is C14H18O5. The first-order valence-corrected chi connectivity index (χ1v) is 5.98. The Morgan fingerprint density at radius 3 is 2.21 bits per heavy atom. The Kier molecular flexibility index (Phi) is 4.92. The lowest BCUT2D eigenvalue weighted by molar-refractivity contribution is -0.136. The Bertz CT molecular complexity index is 442. The first-order chi connectivity index (χ1) is 8.76. The molecule has 0 aliphatic rings. The highest BCUT2D eigenvalue weighted by Crippen LogP contribution is 2.16. The van der Waals surface area contributed by atoms with Gasteiger partial charge in [0.25, 0.3) is 0 Å². The van der Waals surface area contributed by atoms with Crippen LogP contribution in [0, 0.1) is 0 Å². The van der Waals surface area contributed by atoms with E-state index in [4.69, 9.17) is 14.6 Å². The van der Waals surface area contributed by atoms with Gasteiger partial charge in [-0.15, -0.1) is 0 Å². The second-order valence-electron chi connectivity index (χ2n) is 5.10. The van der Waals surface area contributed by atoms with Crippen molar-refractivity contribution in [1.82, 2.24) is 0 Å². The summed E-state index contributed by atoms with van der Waals surface area (Å²) in [4.78, 5) is 21.8. The zero-order valence-electron chi connectivity index (χ0n) is 11.3. The molecule has 0 radical (unpaired) electrons. The maximum atomic E-state index is 11.4. The van der Waals surface area contributed by atoms with Crippen LogP contribution in [0.1, 0.15) is 32.8 Å². The fourth-order valence-electron chi connectivity index (χ4n) is 1.34. The summed E-state index contributed by atoms with van der Waals surface area (Å²) < 4.78 is 10.0. The molecule has 0 bridgehead atoms. The molecule has 1 aromatic rings. The highest BCUT2D eigenvalue weighted by atomic mass is 16.7. The smallest absolute Gasteiger partial charge is 0.481 e. The summed E-state index contributed by atoms with van der Waals surface area (Å²) in [6.07, 6.45) is -0.236. The highest BCUT2D eigenvalue weighted by molar-refractivity contribution is 5.67. The van der Waals surface area contributed by atoms with Crippen molar-refractivity contribution >= 4 is 12.1 Å². The lowest BCUT2D eigenvalue weighted by Crippen LogP contribution is -2.25. The van der Waals surface area contributed by atoms with Gasteiger partial charge >= 0.3 is 12.1 Å². The number of carbonyl (C=O) groups is 2. The molecular weight excluding hydrogens is 248 g/mol. The molecule has 0 fully saturated rings. The third-order valence-electron chi connectivity index (χ3n) is 2.14. The fraction of sp³-hybridized carbons (Fsp3) is 0.429. The minimum atomic E-state index is -0.839.